The molecule has 0 aromatic heterocycles. The maximum Gasteiger partial charge on any atom is 0.185 e. The summed E-state index contributed by atoms with van der Waals surface area (Å²) in [6.07, 6.45) is 5.40. The van der Waals surface area contributed by atoms with Crippen LogP contribution in [0.1, 0.15) is 21.5 Å². The molecule has 0 aliphatic rings. The first-order valence-corrected chi connectivity index (χ1v) is 7.46. The number of aromatic hydroxyl groups is 1. The molecule has 0 unspecified atom stereocenters. The normalized spacial score (nSPS) is 10.6. The van der Waals surface area contributed by atoms with E-state index in [-0.39, 0.29) is 11.5 Å². The van der Waals surface area contributed by atoms with Crippen LogP contribution in [0, 0.1) is 0 Å². The highest BCUT2D eigenvalue weighted by Crippen LogP contribution is 2.30. The van der Waals surface area contributed by atoms with Crippen molar-refractivity contribution in [3.05, 3.63) is 71.8 Å². The molecule has 0 radical (unpaired) electrons. The van der Waals surface area contributed by atoms with Crippen molar-refractivity contribution in [2.45, 2.75) is 6.42 Å². The number of ketones is 1. The SMILES string of the molecule is C=CCc1cc(/C=C/C(=O)c2ccc(OC)cc2)c(OC)cc1O. The van der Waals surface area contributed by atoms with E-state index in [1.165, 1.54) is 19.3 Å². The lowest BCUT2D eigenvalue weighted by Crippen LogP contribution is -1.95. The zero-order valence-corrected chi connectivity index (χ0v) is 13.8. The van der Waals surface area contributed by atoms with Gasteiger partial charge in [-0.1, -0.05) is 6.08 Å². The van der Waals surface area contributed by atoms with Gasteiger partial charge in [0.05, 0.1) is 14.2 Å². The van der Waals surface area contributed by atoms with Gasteiger partial charge in [0.2, 0.25) is 0 Å². The van der Waals surface area contributed by atoms with Crippen LogP contribution in [-0.2, 0) is 6.42 Å². The van der Waals surface area contributed by atoms with Gasteiger partial charge in [0.15, 0.2) is 5.78 Å². The van der Waals surface area contributed by atoms with Crippen LogP contribution in [0.3, 0.4) is 0 Å². The number of hydrogen-bond acceptors (Lipinski definition) is 4. The average Bonchev–Trinajstić information content (AvgIpc) is 2.61. The molecule has 0 heterocycles. The lowest BCUT2D eigenvalue weighted by atomic mass is 10.0. The average molecular weight is 324 g/mol. The molecular formula is C20H20O4. The Balaban J connectivity index is 2.27. The molecular weight excluding hydrogens is 304 g/mol. The van der Waals surface area contributed by atoms with Gasteiger partial charge >= 0.3 is 0 Å². The van der Waals surface area contributed by atoms with Crippen LogP contribution in [0.5, 0.6) is 17.2 Å². The molecule has 0 atom stereocenters. The number of ether oxygens (including phenoxy) is 2. The van der Waals surface area contributed by atoms with Crippen molar-refractivity contribution in [3.63, 3.8) is 0 Å². The van der Waals surface area contributed by atoms with Crippen molar-refractivity contribution in [2.75, 3.05) is 14.2 Å². The van der Waals surface area contributed by atoms with E-state index in [1.807, 2.05) is 0 Å². The summed E-state index contributed by atoms with van der Waals surface area (Å²) in [5.41, 5.74) is 2.01. The molecule has 0 aliphatic heterocycles. The summed E-state index contributed by atoms with van der Waals surface area (Å²) in [6, 6.07) is 10.2. The third-order valence-electron chi connectivity index (χ3n) is 3.58. The highest BCUT2D eigenvalue weighted by atomic mass is 16.5. The third kappa shape index (κ3) is 4.04. The number of hydrogen-bond donors (Lipinski definition) is 1. The van der Waals surface area contributed by atoms with E-state index in [0.717, 1.165) is 5.56 Å². The van der Waals surface area contributed by atoms with E-state index in [9.17, 15) is 9.90 Å². The predicted octanol–water partition coefficient (Wildman–Crippen LogP) is 4.03. The van der Waals surface area contributed by atoms with Gasteiger partial charge in [0, 0.05) is 17.2 Å². The van der Waals surface area contributed by atoms with Gasteiger partial charge in [-0.25, -0.2) is 0 Å². The molecule has 0 bridgehead atoms. The molecule has 2 aromatic rings. The molecule has 4 heteroatoms. The number of allylic oxidation sites excluding steroid dienone is 2. The minimum atomic E-state index is -0.127. The summed E-state index contributed by atoms with van der Waals surface area (Å²) in [6.45, 7) is 3.67. The van der Waals surface area contributed by atoms with Gasteiger partial charge in [-0.15, -0.1) is 6.58 Å². The van der Waals surface area contributed by atoms with Gasteiger partial charge in [-0.05, 0) is 54.5 Å². The Hall–Kier alpha value is -3.01. The lowest BCUT2D eigenvalue weighted by Gasteiger charge is -2.09. The molecule has 2 rings (SSSR count). The van der Waals surface area contributed by atoms with Gasteiger partial charge in [-0.2, -0.15) is 0 Å². The quantitative estimate of drug-likeness (QED) is 0.474. The highest BCUT2D eigenvalue weighted by Gasteiger charge is 2.08. The van der Waals surface area contributed by atoms with Gasteiger partial charge in [0.25, 0.3) is 0 Å². The Labute approximate surface area is 141 Å². The number of carbonyl (C=O) groups excluding carboxylic acids is 1. The molecule has 0 saturated carbocycles. The number of phenols is 1. The van der Waals surface area contributed by atoms with E-state index in [0.29, 0.717) is 29.0 Å². The van der Waals surface area contributed by atoms with Crippen molar-refractivity contribution >= 4 is 11.9 Å². The fourth-order valence-corrected chi connectivity index (χ4v) is 2.28. The van der Waals surface area contributed by atoms with Crippen molar-refractivity contribution < 1.29 is 19.4 Å². The minimum absolute atomic E-state index is 0.127. The van der Waals surface area contributed by atoms with Crippen LogP contribution < -0.4 is 9.47 Å². The standard InChI is InChI=1S/C20H20O4/c1-4-5-15-12-16(20(24-3)13-19(15)22)8-11-18(21)14-6-9-17(23-2)10-7-14/h4,6-13,22H,1,5H2,2-3H3/b11-8+. The molecule has 0 saturated heterocycles. The van der Waals surface area contributed by atoms with Crippen molar-refractivity contribution in [1.29, 1.82) is 0 Å². The molecule has 24 heavy (non-hydrogen) atoms. The Morgan fingerprint density at radius 3 is 2.46 bits per heavy atom. The maximum absolute atomic E-state index is 12.3. The number of methoxy groups -OCH3 is 2. The van der Waals surface area contributed by atoms with Gasteiger partial charge < -0.3 is 14.6 Å². The van der Waals surface area contributed by atoms with Crippen LogP contribution >= 0.6 is 0 Å². The number of phenolic OH excluding ortho intramolecular Hbond substituents is 1. The van der Waals surface area contributed by atoms with Crippen LogP contribution in [0.15, 0.2) is 55.1 Å². The van der Waals surface area contributed by atoms with Crippen LogP contribution in [0.4, 0.5) is 0 Å². The van der Waals surface area contributed by atoms with E-state index in [4.69, 9.17) is 9.47 Å². The maximum atomic E-state index is 12.3. The molecule has 0 amide bonds. The van der Waals surface area contributed by atoms with Crippen LogP contribution in [0.2, 0.25) is 0 Å². The summed E-state index contributed by atoms with van der Waals surface area (Å²) in [7, 11) is 3.10. The van der Waals surface area contributed by atoms with E-state index >= 15 is 0 Å². The predicted molar refractivity (Wildman–Crippen MR) is 94.9 cm³/mol. The van der Waals surface area contributed by atoms with Crippen molar-refractivity contribution in [2.24, 2.45) is 0 Å². The monoisotopic (exact) mass is 324 g/mol. The van der Waals surface area contributed by atoms with Gasteiger partial charge in [0.1, 0.15) is 17.2 Å². The highest BCUT2D eigenvalue weighted by molar-refractivity contribution is 6.07. The van der Waals surface area contributed by atoms with E-state index in [2.05, 4.69) is 6.58 Å². The number of rotatable bonds is 7. The second-order valence-electron chi connectivity index (χ2n) is 5.14. The third-order valence-corrected chi connectivity index (χ3v) is 3.58. The summed E-state index contributed by atoms with van der Waals surface area (Å²) >= 11 is 0. The zero-order valence-electron chi connectivity index (χ0n) is 13.8. The lowest BCUT2D eigenvalue weighted by molar-refractivity contribution is 0.104. The molecule has 1 N–H and O–H groups in total. The largest absolute Gasteiger partial charge is 0.508 e. The second-order valence-corrected chi connectivity index (χ2v) is 5.14. The Kier molecular flexibility index (Phi) is 5.79. The fraction of sp³-hybridized carbons (Fsp3) is 0.150. The zero-order chi connectivity index (χ0) is 17.5. The molecule has 0 fully saturated rings. The van der Waals surface area contributed by atoms with E-state index in [1.54, 1.807) is 49.6 Å². The van der Waals surface area contributed by atoms with Crippen molar-refractivity contribution in [3.8, 4) is 17.2 Å². The Bertz CT molecular complexity index is 758. The number of benzene rings is 2. The minimum Gasteiger partial charge on any atom is -0.508 e. The van der Waals surface area contributed by atoms with Crippen LogP contribution in [0.25, 0.3) is 6.08 Å². The summed E-state index contributed by atoms with van der Waals surface area (Å²) in [5, 5.41) is 9.95. The van der Waals surface area contributed by atoms with E-state index < -0.39 is 0 Å². The summed E-state index contributed by atoms with van der Waals surface area (Å²) in [5.74, 6) is 1.22. The first kappa shape index (κ1) is 17.3. The molecule has 4 nitrogen and oxygen atoms in total. The molecule has 0 spiro atoms. The fourth-order valence-electron chi connectivity index (χ4n) is 2.28. The summed E-state index contributed by atoms with van der Waals surface area (Å²) in [4.78, 5) is 12.3. The molecule has 0 aliphatic carbocycles. The Morgan fingerprint density at radius 2 is 1.88 bits per heavy atom. The van der Waals surface area contributed by atoms with Crippen molar-refractivity contribution in [1.82, 2.24) is 0 Å². The molecule has 124 valence electrons. The van der Waals surface area contributed by atoms with Gasteiger partial charge in [-0.3, -0.25) is 4.79 Å². The summed E-state index contributed by atoms with van der Waals surface area (Å²) < 4.78 is 10.3. The molecule has 2 aromatic carbocycles. The smallest absolute Gasteiger partial charge is 0.185 e. The second kappa shape index (κ2) is 8.02. The Morgan fingerprint density at radius 1 is 1.17 bits per heavy atom. The first-order valence-electron chi connectivity index (χ1n) is 7.46. The number of carbonyl (C=O) groups is 1. The van der Waals surface area contributed by atoms with Crippen LogP contribution in [-0.4, -0.2) is 25.1 Å². The topological polar surface area (TPSA) is 55.8 Å². The first-order chi connectivity index (χ1) is 11.6.